The lowest BCUT2D eigenvalue weighted by molar-refractivity contribution is -0.138. The molecule has 4 rings (SSSR count). The van der Waals surface area contributed by atoms with Crippen LogP contribution in [0.15, 0.2) is 83.9 Å². The Hall–Kier alpha value is -4.89. The van der Waals surface area contributed by atoms with Gasteiger partial charge in [-0.3, -0.25) is 4.79 Å². The molecular weight excluding hydrogens is 586 g/mol. The van der Waals surface area contributed by atoms with Gasteiger partial charge in [0.2, 0.25) is 5.91 Å². The van der Waals surface area contributed by atoms with Crippen molar-refractivity contribution in [2.24, 2.45) is 0 Å². The molecule has 0 atom stereocenters. The first kappa shape index (κ1) is 31.1. The zero-order valence-corrected chi connectivity index (χ0v) is 23.4. The van der Waals surface area contributed by atoms with E-state index in [1.165, 1.54) is 48.5 Å². The molecule has 0 aliphatic rings. The summed E-state index contributed by atoms with van der Waals surface area (Å²) in [5.41, 5.74) is -0.194. The predicted molar refractivity (Wildman–Crippen MR) is 152 cm³/mol. The number of rotatable bonds is 10. The minimum Gasteiger partial charge on any atom is -0.489 e. The molecule has 0 bridgehead atoms. The average Bonchev–Trinajstić information content (AvgIpc) is 2.99. The summed E-state index contributed by atoms with van der Waals surface area (Å²) in [7, 11) is 0. The Kier molecular flexibility index (Phi) is 10.0. The molecule has 1 aromatic heterocycles. The van der Waals surface area contributed by atoms with Crippen molar-refractivity contribution in [2.75, 3.05) is 17.7 Å². The van der Waals surface area contributed by atoms with Crippen LogP contribution in [0.25, 0.3) is 11.3 Å². The second-order valence-corrected chi connectivity index (χ2v) is 9.88. The maximum absolute atomic E-state index is 13.9. The van der Waals surface area contributed by atoms with Gasteiger partial charge in [-0.25, -0.2) is 14.2 Å². The normalized spacial score (nSPS) is 11.0. The number of esters is 1. The van der Waals surface area contributed by atoms with Crippen LogP contribution in [0, 0.1) is 17.1 Å². The number of thioether (sulfide) groups is 1. The van der Waals surface area contributed by atoms with Crippen LogP contribution in [0.2, 0.25) is 0 Å². The van der Waals surface area contributed by atoms with Gasteiger partial charge in [-0.2, -0.15) is 18.4 Å². The van der Waals surface area contributed by atoms with Gasteiger partial charge < -0.3 is 14.8 Å². The highest BCUT2D eigenvalue weighted by atomic mass is 32.2. The van der Waals surface area contributed by atoms with E-state index in [1.807, 2.05) is 0 Å². The Bertz CT molecular complexity index is 1640. The van der Waals surface area contributed by atoms with Crippen LogP contribution in [-0.2, 0) is 22.3 Å². The molecule has 4 aromatic rings. The molecule has 12 heteroatoms. The van der Waals surface area contributed by atoms with Crippen molar-refractivity contribution >= 4 is 29.3 Å². The van der Waals surface area contributed by atoms with Gasteiger partial charge >= 0.3 is 12.1 Å². The number of ether oxygens (including phenoxy) is 2. The summed E-state index contributed by atoms with van der Waals surface area (Å²) < 4.78 is 65.5. The molecule has 3 aromatic carbocycles. The molecule has 0 radical (unpaired) electrons. The van der Waals surface area contributed by atoms with Crippen LogP contribution < -0.4 is 10.1 Å². The fraction of sp³-hybridized carbons (Fsp3) is 0.161. The maximum atomic E-state index is 13.9. The summed E-state index contributed by atoms with van der Waals surface area (Å²) in [5.74, 6) is -1.35. The van der Waals surface area contributed by atoms with Crippen molar-refractivity contribution < 1.29 is 36.6 Å². The highest BCUT2D eigenvalue weighted by Gasteiger charge is 2.36. The van der Waals surface area contributed by atoms with Gasteiger partial charge in [-0.05, 0) is 79.2 Å². The zero-order chi connectivity index (χ0) is 31.0. The molecule has 0 aliphatic carbocycles. The number of carbonyl (C=O) groups excluding carboxylic acids is 2. The molecule has 43 heavy (non-hydrogen) atoms. The molecule has 0 spiro atoms. The number of alkyl halides is 3. The molecule has 0 aliphatic heterocycles. The molecule has 1 heterocycles. The third-order valence-electron chi connectivity index (χ3n) is 5.89. The van der Waals surface area contributed by atoms with Crippen LogP contribution in [0.3, 0.4) is 0 Å². The van der Waals surface area contributed by atoms with Gasteiger partial charge in [0.15, 0.2) is 0 Å². The Morgan fingerprint density at radius 3 is 2.28 bits per heavy atom. The van der Waals surface area contributed by atoms with Crippen LogP contribution in [0.5, 0.6) is 5.75 Å². The second kappa shape index (κ2) is 13.8. The second-order valence-electron chi connectivity index (χ2n) is 8.92. The molecule has 220 valence electrons. The number of halogens is 4. The summed E-state index contributed by atoms with van der Waals surface area (Å²) in [6.45, 7) is 2.04. The van der Waals surface area contributed by atoms with Gasteiger partial charge in [-0.1, -0.05) is 23.9 Å². The number of hydrogen-bond acceptors (Lipinski definition) is 7. The lowest BCUT2D eigenvalue weighted by atomic mass is 10.1. The minimum absolute atomic E-state index is 0.0473. The Morgan fingerprint density at radius 1 is 1.00 bits per heavy atom. The number of hydrogen-bond donors (Lipinski definition) is 1. The number of amides is 1. The molecule has 0 saturated carbocycles. The molecule has 1 N–H and O–H groups in total. The number of benzene rings is 3. The highest BCUT2D eigenvalue weighted by molar-refractivity contribution is 8.00. The highest BCUT2D eigenvalue weighted by Crippen LogP contribution is 2.38. The van der Waals surface area contributed by atoms with Crippen molar-refractivity contribution in [3.8, 4) is 23.1 Å². The number of anilines is 1. The van der Waals surface area contributed by atoms with E-state index in [-0.39, 0.29) is 35.5 Å². The number of aromatic nitrogens is 1. The Morgan fingerprint density at radius 2 is 1.67 bits per heavy atom. The van der Waals surface area contributed by atoms with Crippen molar-refractivity contribution in [3.05, 3.63) is 107 Å². The summed E-state index contributed by atoms with van der Waals surface area (Å²) in [6.07, 6.45) is -4.85. The predicted octanol–water partition coefficient (Wildman–Crippen LogP) is 7.26. The van der Waals surface area contributed by atoms with Crippen molar-refractivity contribution in [1.82, 2.24) is 4.98 Å². The number of nitrogens with one attached hydrogen (secondary N) is 1. The minimum atomic E-state index is -4.85. The quantitative estimate of drug-likeness (QED) is 0.115. The van der Waals surface area contributed by atoms with E-state index in [1.54, 1.807) is 37.3 Å². The maximum Gasteiger partial charge on any atom is 0.417 e. The number of nitrogens with zero attached hydrogens (tertiary/aromatic N) is 2. The van der Waals surface area contributed by atoms with Gasteiger partial charge in [-0.15, -0.1) is 0 Å². The van der Waals surface area contributed by atoms with Crippen molar-refractivity contribution in [3.63, 3.8) is 0 Å². The van der Waals surface area contributed by atoms with Gasteiger partial charge in [0, 0.05) is 11.3 Å². The summed E-state index contributed by atoms with van der Waals surface area (Å²) in [4.78, 5) is 28.6. The zero-order valence-electron chi connectivity index (χ0n) is 22.6. The van der Waals surface area contributed by atoms with E-state index in [9.17, 15) is 32.4 Å². The largest absolute Gasteiger partial charge is 0.489 e. The third kappa shape index (κ3) is 8.33. The Labute approximate surface area is 248 Å². The van der Waals surface area contributed by atoms with Crippen LogP contribution >= 0.6 is 11.8 Å². The molecule has 1 amide bonds. The summed E-state index contributed by atoms with van der Waals surface area (Å²) >= 11 is 0.691. The number of nitriles is 1. The molecule has 0 fully saturated rings. The SMILES string of the molecule is CCOC(=O)c1ccc(NC(=O)CSc2nc(-c3ccc(OCc4ccc(F)cc4)cc3)cc(C(F)(F)F)c2C#N)cc1. The van der Waals surface area contributed by atoms with E-state index in [0.717, 1.165) is 11.6 Å². The molecular formula is C31H23F4N3O4S. The molecule has 7 nitrogen and oxygen atoms in total. The van der Waals surface area contributed by atoms with Gasteiger partial charge in [0.05, 0.1) is 34.7 Å². The number of carbonyl (C=O) groups is 2. The van der Waals surface area contributed by atoms with Crippen LogP contribution in [0.1, 0.15) is 34.0 Å². The fourth-order valence-corrected chi connectivity index (χ4v) is 4.61. The number of pyridine rings is 1. The lowest BCUT2D eigenvalue weighted by Crippen LogP contribution is -2.15. The molecule has 0 unspecified atom stereocenters. The summed E-state index contributed by atoms with van der Waals surface area (Å²) in [5, 5.41) is 11.9. The topological polar surface area (TPSA) is 101 Å². The fourth-order valence-electron chi connectivity index (χ4n) is 3.81. The first-order chi connectivity index (χ1) is 20.6. The Balaban J connectivity index is 1.50. The van der Waals surface area contributed by atoms with E-state index in [4.69, 9.17) is 9.47 Å². The molecule has 0 saturated heterocycles. The van der Waals surface area contributed by atoms with Gasteiger partial charge in [0.25, 0.3) is 0 Å². The van der Waals surface area contributed by atoms with E-state index >= 15 is 0 Å². The standard InChI is InChI=1S/C31H23F4N3O4S/c1-2-41-30(40)21-5-11-23(12-6-21)37-28(39)18-43-29-25(16-36)26(31(33,34)35)15-27(38-29)20-7-13-24(14-8-20)42-17-19-3-9-22(32)10-4-19/h3-15H,2,17-18H2,1H3,(H,37,39). The van der Waals surface area contributed by atoms with E-state index in [0.29, 0.717) is 34.3 Å². The average molecular weight is 610 g/mol. The van der Waals surface area contributed by atoms with Crippen LogP contribution in [0.4, 0.5) is 23.2 Å². The third-order valence-corrected chi connectivity index (χ3v) is 6.87. The van der Waals surface area contributed by atoms with E-state index in [2.05, 4.69) is 10.3 Å². The van der Waals surface area contributed by atoms with E-state index < -0.39 is 29.2 Å². The smallest absolute Gasteiger partial charge is 0.417 e. The first-order valence-corrected chi connectivity index (χ1v) is 13.8. The van der Waals surface area contributed by atoms with Crippen molar-refractivity contribution in [1.29, 1.82) is 5.26 Å². The first-order valence-electron chi connectivity index (χ1n) is 12.8. The van der Waals surface area contributed by atoms with Crippen molar-refractivity contribution in [2.45, 2.75) is 24.7 Å². The summed E-state index contributed by atoms with van der Waals surface area (Å²) in [6, 6.07) is 20.2. The van der Waals surface area contributed by atoms with Crippen LogP contribution in [-0.4, -0.2) is 29.2 Å². The lowest BCUT2D eigenvalue weighted by Gasteiger charge is -2.14. The monoisotopic (exact) mass is 609 g/mol. The van der Waals surface area contributed by atoms with Gasteiger partial charge in [0.1, 0.15) is 29.3 Å².